The SMILES string of the molecule is C[C@@H]1C[C@@H](CO)[C@](CC(=S)NC(=O)c2ccccc2)(c2ccccc2F)C1. The summed E-state index contributed by atoms with van der Waals surface area (Å²) in [6.07, 6.45) is 1.86. The van der Waals surface area contributed by atoms with E-state index in [1.807, 2.05) is 12.1 Å². The number of benzene rings is 2. The predicted octanol–water partition coefficient (Wildman–Crippen LogP) is 4.25. The fourth-order valence-electron chi connectivity index (χ4n) is 4.46. The molecule has 1 aliphatic rings. The molecule has 0 unspecified atom stereocenters. The molecule has 0 aromatic heterocycles. The third kappa shape index (κ3) is 4.09. The third-order valence-electron chi connectivity index (χ3n) is 5.58. The first kappa shape index (κ1) is 19.6. The van der Waals surface area contributed by atoms with Gasteiger partial charge >= 0.3 is 0 Å². The first-order valence-electron chi connectivity index (χ1n) is 9.21. The molecule has 0 radical (unpaired) electrons. The lowest BCUT2D eigenvalue weighted by Gasteiger charge is -2.36. The summed E-state index contributed by atoms with van der Waals surface area (Å²) in [7, 11) is 0. The van der Waals surface area contributed by atoms with Crippen LogP contribution in [0.2, 0.25) is 0 Å². The Balaban J connectivity index is 1.87. The van der Waals surface area contributed by atoms with Crippen LogP contribution in [0, 0.1) is 17.7 Å². The Labute approximate surface area is 164 Å². The van der Waals surface area contributed by atoms with E-state index in [1.54, 1.807) is 36.4 Å². The fourth-order valence-corrected chi connectivity index (χ4v) is 4.81. The average molecular weight is 386 g/mol. The number of carbonyl (C=O) groups excluding carboxylic acids is 1. The highest BCUT2D eigenvalue weighted by atomic mass is 32.1. The minimum atomic E-state index is -0.611. The van der Waals surface area contributed by atoms with Crippen molar-refractivity contribution in [2.45, 2.75) is 31.6 Å². The van der Waals surface area contributed by atoms with Crippen molar-refractivity contribution >= 4 is 23.1 Å². The van der Waals surface area contributed by atoms with Gasteiger partial charge < -0.3 is 10.4 Å². The van der Waals surface area contributed by atoms with E-state index < -0.39 is 5.41 Å². The van der Waals surface area contributed by atoms with Gasteiger partial charge in [0.25, 0.3) is 5.91 Å². The molecule has 1 fully saturated rings. The number of nitrogens with one attached hydrogen (secondary N) is 1. The minimum Gasteiger partial charge on any atom is -0.396 e. The van der Waals surface area contributed by atoms with Crippen LogP contribution in [0.25, 0.3) is 0 Å². The molecule has 2 aromatic rings. The summed E-state index contributed by atoms with van der Waals surface area (Å²) >= 11 is 5.49. The molecule has 1 saturated carbocycles. The summed E-state index contributed by atoms with van der Waals surface area (Å²) in [6.45, 7) is 2.07. The van der Waals surface area contributed by atoms with E-state index in [-0.39, 0.29) is 24.2 Å². The zero-order valence-corrected chi connectivity index (χ0v) is 16.1. The largest absolute Gasteiger partial charge is 0.396 e. The van der Waals surface area contributed by atoms with Gasteiger partial charge in [0, 0.05) is 24.0 Å². The number of aliphatic hydroxyl groups is 1. The van der Waals surface area contributed by atoms with E-state index in [0.717, 1.165) is 12.8 Å². The van der Waals surface area contributed by atoms with Gasteiger partial charge in [0.1, 0.15) is 5.82 Å². The van der Waals surface area contributed by atoms with Crippen LogP contribution < -0.4 is 5.32 Å². The lowest BCUT2D eigenvalue weighted by molar-refractivity contribution is 0.0976. The molecule has 3 atom stereocenters. The Kier molecular flexibility index (Phi) is 6.02. The van der Waals surface area contributed by atoms with Gasteiger partial charge in [-0.25, -0.2) is 4.39 Å². The van der Waals surface area contributed by atoms with Crippen molar-refractivity contribution in [1.29, 1.82) is 0 Å². The first-order chi connectivity index (χ1) is 13.0. The average Bonchev–Trinajstić information content (AvgIpc) is 2.98. The number of amides is 1. The molecule has 0 bridgehead atoms. The topological polar surface area (TPSA) is 49.3 Å². The number of aliphatic hydroxyl groups excluding tert-OH is 1. The van der Waals surface area contributed by atoms with E-state index in [4.69, 9.17) is 12.2 Å². The predicted molar refractivity (Wildman–Crippen MR) is 108 cm³/mol. The molecule has 3 rings (SSSR count). The fraction of sp³-hybridized carbons (Fsp3) is 0.364. The maximum atomic E-state index is 14.7. The molecule has 0 aliphatic heterocycles. The van der Waals surface area contributed by atoms with Crippen LogP contribution in [0.15, 0.2) is 54.6 Å². The molecular formula is C22H24FNO2S. The highest BCUT2D eigenvalue weighted by Crippen LogP contribution is 2.51. The summed E-state index contributed by atoms with van der Waals surface area (Å²) in [5, 5.41) is 12.8. The van der Waals surface area contributed by atoms with Gasteiger partial charge in [0.2, 0.25) is 0 Å². The number of halogens is 1. The number of carbonyl (C=O) groups is 1. The highest BCUT2D eigenvalue weighted by Gasteiger charge is 2.48. The molecule has 1 aliphatic carbocycles. The zero-order valence-electron chi connectivity index (χ0n) is 15.3. The second-order valence-electron chi connectivity index (χ2n) is 7.48. The van der Waals surface area contributed by atoms with Crippen molar-refractivity contribution in [3.05, 3.63) is 71.5 Å². The van der Waals surface area contributed by atoms with E-state index in [1.165, 1.54) is 6.07 Å². The van der Waals surface area contributed by atoms with Crippen molar-refractivity contribution in [3.63, 3.8) is 0 Å². The Hall–Kier alpha value is -2.11. The molecule has 0 saturated heterocycles. The normalized spacial score (nSPS) is 24.6. The van der Waals surface area contributed by atoms with Crippen molar-refractivity contribution in [3.8, 4) is 0 Å². The Morgan fingerprint density at radius 1 is 1.22 bits per heavy atom. The van der Waals surface area contributed by atoms with Crippen LogP contribution in [-0.4, -0.2) is 22.6 Å². The second-order valence-corrected chi connectivity index (χ2v) is 7.97. The van der Waals surface area contributed by atoms with Crippen molar-refractivity contribution in [2.24, 2.45) is 11.8 Å². The maximum absolute atomic E-state index is 14.7. The smallest absolute Gasteiger partial charge is 0.256 e. The van der Waals surface area contributed by atoms with Crippen LogP contribution in [0.4, 0.5) is 4.39 Å². The summed E-state index contributed by atoms with van der Waals surface area (Å²) in [6, 6.07) is 15.6. The lowest BCUT2D eigenvalue weighted by Crippen LogP contribution is -2.40. The Morgan fingerprint density at radius 3 is 2.56 bits per heavy atom. The number of hydrogen-bond donors (Lipinski definition) is 2. The van der Waals surface area contributed by atoms with Gasteiger partial charge in [-0.05, 0) is 48.4 Å². The van der Waals surface area contributed by atoms with E-state index in [9.17, 15) is 14.3 Å². The van der Waals surface area contributed by atoms with Gasteiger partial charge in [0.15, 0.2) is 0 Å². The Bertz CT molecular complexity index is 826. The molecule has 1 amide bonds. The summed E-state index contributed by atoms with van der Waals surface area (Å²) in [5.74, 6) is -0.316. The molecule has 0 heterocycles. The molecule has 142 valence electrons. The summed E-state index contributed by atoms with van der Waals surface area (Å²) < 4.78 is 14.7. The molecule has 3 nitrogen and oxygen atoms in total. The zero-order chi connectivity index (χ0) is 19.4. The van der Waals surface area contributed by atoms with Gasteiger partial charge in [-0.3, -0.25) is 4.79 Å². The van der Waals surface area contributed by atoms with E-state index >= 15 is 0 Å². The Morgan fingerprint density at radius 2 is 1.89 bits per heavy atom. The van der Waals surface area contributed by atoms with Crippen LogP contribution >= 0.6 is 12.2 Å². The number of rotatable bonds is 5. The molecule has 0 spiro atoms. The van der Waals surface area contributed by atoms with Crippen LogP contribution in [0.5, 0.6) is 0 Å². The summed E-state index contributed by atoms with van der Waals surface area (Å²) in [5.41, 5.74) is 0.489. The first-order valence-corrected chi connectivity index (χ1v) is 9.62. The highest BCUT2D eigenvalue weighted by molar-refractivity contribution is 7.80. The molecule has 2 N–H and O–H groups in total. The van der Waals surface area contributed by atoms with Gasteiger partial charge in [0.05, 0.1) is 4.99 Å². The van der Waals surface area contributed by atoms with Crippen LogP contribution in [-0.2, 0) is 5.41 Å². The molecule has 2 aromatic carbocycles. The second kappa shape index (κ2) is 8.28. The maximum Gasteiger partial charge on any atom is 0.256 e. The molecular weight excluding hydrogens is 361 g/mol. The van der Waals surface area contributed by atoms with Crippen molar-refractivity contribution < 1.29 is 14.3 Å². The molecule has 27 heavy (non-hydrogen) atoms. The van der Waals surface area contributed by atoms with Gasteiger partial charge in [-0.1, -0.05) is 55.5 Å². The molecule has 5 heteroatoms. The quantitative estimate of drug-likeness (QED) is 0.757. The van der Waals surface area contributed by atoms with Gasteiger partial charge in [-0.2, -0.15) is 0 Å². The monoisotopic (exact) mass is 385 g/mol. The van der Waals surface area contributed by atoms with Crippen LogP contribution in [0.1, 0.15) is 42.1 Å². The number of hydrogen-bond acceptors (Lipinski definition) is 3. The number of thiocarbonyl (C=S) groups is 1. The standard InChI is InChI=1S/C22H24FNO2S/c1-15-11-17(14-25)22(12-15,18-9-5-6-10-19(18)23)13-20(27)24-21(26)16-7-3-2-4-8-16/h2-10,15,17,25H,11-14H2,1H3,(H,24,26,27)/t15-,17+,22+/m1/s1. The van der Waals surface area contributed by atoms with Gasteiger partial charge in [-0.15, -0.1) is 0 Å². The van der Waals surface area contributed by atoms with E-state index in [0.29, 0.717) is 28.5 Å². The lowest BCUT2D eigenvalue weighted by atomic mass is 9.69. The van der Waals surface area contributed by atoms with Crippen LogP contribution in [0.3, 0.4) is 0 Å². The van der Waals surface area contributed by atoms with E-state index in [2.05, 4.69) is 12.2 Å². The van der Waals surface area contributed by atoms with Crippen molar-refractivity contribution in [1.82, 2.24) is 5.32 Å². The summed E-state index contributed by atoms with van der Waals surface area (Å²) in [4.78, 5) is 12.8. The van der Waals surface area contributed by atoms with Crippen molar-refractivity contribution in [2.75, 3.05) is 6.61 Å². The minimum absolute atomic E-state index is 0.0338. The third-order valence-corrected chi connectivity index (χ3v) is 5.82.